The quantitative estimate of drug-likeness (QED) is 0.922. The van der Waals surface area contributed by atoms with Gasteiger partial charge in [-0.25, -0.2) is 4.98 Å². The van der Waals surface area contributed by atoms with Crippen molar-refractivity contribution in [3.8, 4) is 0 Å². The second kappa shape index (κ2) is 6.12. The number of aryl methyl sites for hydroxylation is 2. The lowest BCUT2D eigenvalue weighted by Gasteiger charge is -2.41. The number of nitrogens with one attached hydrogen (secondary N) is 1. The van der Waals surface area contributed by atoms with Crippen molar-refractivity contribution >= 4 is 11.3 Å². The van der Waals surface area contributed by atoms with Crippen molar-refractivity contribution in [3.05, 3.63) is 15.6 Å². The molecule has 1 aliphatic heterocycles. The number of hydrogen-bond donors (Lipinski definition) is 1. The molecule has 4 heteroatoms. The summed E-state index contributed by atoms with van der Waals surface area (Å²) in [6.45, 7) is 15.8. The predicted octanol–water partition coefficient (Wildman–Crippen LogP) is 3.67. The molecule has 0 aliphatic carbocycles. The van der Waals surface area contributed by atoms with Crippen molar-refractivity contribution in [2.45, 2.75) is 72.0 Å². The second-order valence-electron chi connectivity index (χ2n) is 7.00. The highest BCUT2D eigenvalue weighted by Gasteiger charge is 2.27. The van der Waals surface area contributed by atoms with Gasteiger partial charge >= 0.3 is 0 Å². The number of hydrogen-bond acceptors (Lipinski definition) is 4. The molecule has 0 spiro atoms. The Hall–Kier alpha value is -0.450. The van der Waals surface area contributed by atoms with Crippen LogP contribution in [0.3, 0.4) is 0 Å². The van der Waals surface area contributed by atoms with Gasteiger partial charge < -0.3 is 5.32 Å². The minimum Gasteiger partial charge on any atom is -0.307 e. The van der Waals surface area contributed by atoms with Crippen LogP contribution in [-0.4, -0.2) is 34.6 Å². The fraction of sp³-hybridized carbons (Fsp3) is 0.812. The molecule has 0 saturated carbocycles. The van der Waals surface area contributed by atoms with E-state index in [2.05, 4.69) is 56.7 Å². The van der Waals surface area contributed by atoms with E-state index in [-0.39, 0.29) is 0 Å². The lowest BCUT2D eigenvalue weighted by molar-refractivity contribution is 0.0943. The van der Waals surface area contributed by atoms with E-state index < -0.39 is 0 Å². The summed E-state index contributed by atoms with van der Waals surface area (Å²) in [7, 11) is 0. The minimum absolute atomic E-state index is 0.307. The molecule has 2 heterocycles. The molecule has 0 aromatic carbocycles. The van der Waals surface area contributed by atoms with E-state index in [4.69, 9.17) is 0 Å². The second-order valence-corrected chi connectivity index (χ2v) is 8.24. The van der Waals surface area contributed by atoms with E-state index in [1.54, 1.807) is 0 Å². The van der Waals surface area contributed by atoms with E-state index in [1.165, 1.54) is 41.5 Å². The van der Waals surface area contributed by atoms with Crippen molar-refractivity contribution in [3.63, 3.8) is 0 Å². The number of rotatable bonds is 3. The standard InChI is InChI=1S/C16H29N3S/c1-11-15(20-13(3)17-11)12(2)18-14-7-9-19(10-8-14)16(4,5)6/h12,14,18H,7-10H2,1-6H3. The molecule has 1 atom stereocenters. The van der Waals surface area contributed by atoms with E-state index in [1.807, 2.05) is 11.3 Å². The molecule has 1 N–H and O–H groups in total. The fourth-order valence-corrected chi connectivity index (χ4v) is 4.03. The van der Waals surface area contributed by atoms with E-state index >= 15 is 0 Å². The molecule has 20 heavy (non-hydrogen) atoms. The Morgan fingerprint density at radius 1 is 1.25 bits per heavy atom. The minimum atomic E-state index is 0.307. The van der Waals surface area contributed by atoms with Gasteiger partial charge in [0.15, 0.2) is 0 Å². The van der Waals surface area contributed by atoms with E-state index in [9.17, 15) is 0 Å². The topological polar surface area (TPSA) is 28.2 Å². The molecule has 2 rings (SSSR count). The summed E-state index contributed by atoms with van der Waals surface area (Å²) in [5, 5.41) is 4.98. The predicted molar refractivity (Wildman–Crippen MR) is 87.5 cm³/mol. The average molecular weight is 295 g/mol. The van der Waals surface area contributed by atoms with Crippen LogP contribution in [0, 0.1) is 13.8 Å². The summed E-state index contributed by atoms with van der Waals surface area (Å²) in [5.41, 5.74) is 1.50. The summed E-state index contributed by atoms with van der Waals surface area (Å²) < 4.78 is 0. The Labute approximate surface area is 127 Å². The Kier molecular flexibility index (Phi) is 4.88. The van der Waals surface area contributed by atoms with Gasteiger partial charge in [0.05, 0.1) is 10.7 Å². The number of nitrogens with zero attached hydrogens (tertiary/aromatic N) is 2. The van der Waals surface area contributed by atoms with Gasteiger partial charge in [-0.2, -0.15) is 0 Å². The molecule has 1 aliphatic rings. The lowest BCUT2D eigenvalue weighted by Crippen LogP contribution is -2.50. The molecular weight excluding hydrogens is 266 g/mol. The van der Waals surface area contributed by atoms with Gasteiger partial charge in [-0.1, -0.05) is 0 Å². The highest BCUT2D eigenvalue weighted by molar-refractivity contribution is 7.11. The summed E-state index contributed by atoms with van der Waals surface area (Å²) in [6, 6.07) is 1.07. The molecule has 3 nitrogen and oxygen atoms in total. The maximum absolute atomic E-state index is 4.54. The molecule has 1 aromatic rings. The van der Waals surface area contributed by atoms with Crippen molar-refractivity contribution in [2.75, 3.05) is 13.1 Å². The van der Waals surface area contributed by atoms with Gasteiger partial charge in [0.2, 0.25) is 0 Å². The van der Waals surface area contributed by atoms with Crippen LogP contribution in [0.25, 0.3) is 0 Å². The van der Waals surface area contributed by atoms with E-state index in [0.29, 0.717) is 17.6 Å². The normalized spacial score (nSPS) is 20.3. The molecule has 0 radical (unpaired) electrons. The van der Waals surface area contributed by atoms with Gasteiger partial charge in [-0.3, -0.25) is 4.90 Å². The summed E-state index contributed by atoms with van der Waals surface area (Å²) in [6.07, 6.45) is 2.50. The van der Waals surface area contributed by atoms with Crippen LogP contribution in [0.2, 0.25) is 0 Å². The smallest absolute Gasteiger partial charge is 0.0900 e. The number of likely N-dealkylation sites (tertiary alicyclic amines) is 1. The first-order chi connectivity index (χ1) is 9.27. The van der Waals surface area contributed by atoms with Gasteiger partial charge in [0.25, 0.3) is 0 Å². The van der Waals surface area contributed by atoms with Crippen LogP contribution in [-0.2, 0) is 0 Å². The summed E-state index contributed by atoms with van der Waals surface area (Å²) in [4.78, 5) is 8.54. The van der Waals surface area contributed by atoms with Gasteiger partial charge in [-0.15, -0.1) is 11.3 Å². The van der Waals surface area contributed by atoms with Crippen molar-refractivity contribution in [1.82, 2.24) is 15.2 Å². The van der Waals surface area contributed by atoms with Gasteiger partial charge in [-0.05, 0) is 54.4 Å². The van der Waals surface area contributed by atoms with Crippen molar-refractivity contribution in [2.24, 2.45) is 0 Å². The van der Waals surface area contributed by atoms with Crippen LogP contribution < -0.4 is 5.32 Å². The summed E-state index contributed by atoms with van der Waals surface area (Å²) >= 11 is 1.83. The third kappa shape index (κ3) is 3.80. The van der Waals surface area contributed by atoms with E-state index in [0.717, 1.165) is 0 Å². The maximum atomic E-state index is 4.54. The fourth-order valence-electron chi connectivity index (χ4n) is 3.10. The Morgan fingerprint density at radius 3 is 2.30 bits per heavy atom. The molecule has 0 bridgehead atoms. The van der Waals surface area contributed by atoms with Crippen LogP contribution in [0.4, 0.5) is 0 Å². The van der Waals surface area contributed by atoms with Crippen molar-refractivity contribution < 1.29 is 0 Å². The monoisotopic (exact) mass is 295 g/mol. The Bertz CT molecular complexity index is 439. The molecule has 1 unspecified atom stereocenters. The maximum Gasteiger partial charge on any atom is 0.0900 e. The number of piperidine rings is 1. The first-order valence-electron chi connectivity index (χ1n) is 7.72. The van der Waals surface area contributed by atoms with Crippen LogP contribution in [0.1, 0.15) is 62.2 Å². The Balaban J connectivity index is 1.88. The first kappa shape index (κ1) is 15.9. The van der Waals surface area contributed by atoms with Crippen LogP contribution >= 0.6 is 11.3 Å². The van der Waals surface area contributed by atoms with Gasteiger partial charge in [0, 0.05) is 35.6 Å². The Morgan fingerprint density at radius 2 is 1.85 bits per heavy atom. The molecule has 1 fully saturated rings. The van der Waals surface area contributed by atoms with Gasteiger partial charge in [0.1, 0.15) is 0 Å². The summed E-state index contributed by atoms with van der Waals surface area (Å²) in [5.74, 6) is 0. The third-order valence-corrected chi connectivity index (χ3v) is 5.52. The average Bonchev–Trinajstić information content (AvgIpc) is 2.68. The van der Waals surface area contributed by atoms with Crippen molar-refractivity contribution in [1.29, 1.82) is 0 Å². The largest absolute Gasteiger partial charge is 0.307 e. The molecular formula is C16H29N3S. The third-order valence-electron chi connectivity index (χ3n) is 4.26. The molecule has 1 saturated heterocycles. The molecule has 114 valence electrons. The first-order valence-corrected chi connectivity index (χ1v) is 8.54. The zero-order valence-electron chi connectivity index (χ0n) is 13.8. The highest BCUT2D eigenvalue weighted by atomic mass is 32.1. The van der Waals surface area contributed by atoms with Crippen LogP contribution in [0.5, 0.6) is 0 Å². The van der Waals surface area contributed by atoms with Crippen LogP contribution in [0.15, 0.2) is 0 Å². The highest BCUT2D eigenvalue weighted by Crippen LogP contribution is 2.27. The lowest BCUT2D eigenvalue weighted by atomic mass is 9.97. The number of aromatic nitrogens is 1. The zero-order valence-corrected chi connectivity index (χ0v) is 14.6. The SMILES string of the molecule is Cc1nc(C)c(C(C)NC2CCN(C(C)(C)C)CC2)s1. The zero-order chi connectivity index (χ0) is 14.9. The molecule has 1 aromatic heterocycles. The molecule has 0 amide bonds. The number of thiazole rings is 1.